The highest BCUT2D eigenvalue weighted by atomic mass is 32.2. The number of benzene rings is 1. The lowest BCUT2D eigenvalue weighted by atomic mass is 10.1. The Morgan fingerprint density at radius 3 is 2.65 bits per heavy atom. The molecule has 1 atom stereocenters. The number of carbonyl (C=O) groups excluding carboxylic acids is 1. The molecule has 0 aliphatic carbocycles. The Hall–Kier alpha value is -1.44. The van der Waals surface area contributed by atoms with Crippen LogP contribution in [0.4, 0.5) is 0 Å². The molecule has 23 heavy (non-hydrogen) atoms. The van der Waals surface area contributed by atoms with E-state index in [-0.39, 0.29) is 16.9 Å². The summed E-state index contributed by atoms with van der Waals surface area (Å²) in [6, 6.07) is 6.63. The third kappa shape index (κ3) is 5.60. The summed E-state index contributed by atoms with van der Waals surface area (Å²) >= 11 is 0. The van der Waals surface area contributed by atoms with Crippen LogP contribution in [0.15, 0.2) is 29.2 Å². The number of sulfonamides is 1. The first-order chi connectivity index (χ1) is 11.0. The highest BCUT2D eigenvalue weighted by Crippen LogP contribution is 2.12. The number of nitrogens with one attached hydrogen (secondary N) is 2. The Kier molecular flexibility index (Phi) is 6.56. The molecular formula is C16H24N2O4S. The molecular weight excluding hydrogens is 316 g/mol. The summed E-state index contributed by atoms with van der Waals surface area (Å²) in [6.07, 6.45) is 3.17. The van der Waals surface area contributed by atoms with E-state index in [1.54, 1.807) is 31.2 Å². The first-order valence-corrected chi connectivity index (χ1v) is 9.46. The van der Waals surface area contributed by atoms with Gasteiger partial charge in [0.2, 0.25) is 15.9 Å². The normalized spacial score (nSPS) is 18.0. The van der Waals surface area contributed by atoms with Crippen molar-refractivity contribution < 1.29 is 17.9 Å². The molecule has 0 bridgehead atoms. The van der Waals surface area contributed by atoms with Crippen LogP contribution in [-0.4, -0.2) is 40.1 Å². The number of rotatable bonds is 8. The molecule has 0 unspecified atom stereocenters. The summed E-state index contributed by atoms with van der Waals surface area (Å²) in [6.45, 7) is 3.44. The first kappa shape index (κ1) is 17.9. The van der Waals surface area contributed by atoms with Crippen molar-refractivity contribution in [3.63, 3.8) is 0 Å². The van der Waals surface area contributed by atoms with Crippen LogP contribution in [0.2, 0.25) is 0 Å². The summed E-state index contributed by atoms with van der Waals surface area (Å²) in [5.41, 5.74) is 0.938. The maximum absolute atomic E-state index is 11.8. The van der Waals surface area contributed by atoms with Gasteiger partial charge in [-0.25, -0.2) is 13.1 Å². The lowest BCUT2D eigenvalue weighted by molar-refractivity contribution is -0.121. The van der Waals surface area contributed by atoms with Gasteiger partial charge in [-0.2, -0.15) is 0 Å². The van der Waals surface area contributed by atoms with Crippen LogP contribution in [0, 0.1) is 0 Å². The predicted molar refractivity (Wildman–Crippen MR) is 87.6 cm³/mol. The topological polar surface area (TPSA) is 84.5 Å². The van der Waals surface area contributed by atoms with E-state index in [0.717, 1.165) is 25.0 Å². The van der Waals surface area contributed by atoms with Crippen LogP contribution in [-0.2, 0) is 26.0 Å². The third-order valence-corrected chi connectivity index (χ3v) is 5.32. The molecule has 128 valence electrons. The average Bonchev–Trinajstić information content (AvgIpc) is 3.05. The molecule has 0 saturated carbocycles. The van der Waals surface area contributed by atoms with E-state index in [2.05, 4.69) is 10.0 Å². The number of hydrogen-bond acceptors (Lipinski definition) is 4. The Labute approximate surface area is 137 Å². The zero-order valence-electron chi connectivity index (χ0n) is 13.4. The molecule has 0 radical (unpaired) electrons. The molecule has 1 aromatic carbocycles. The molecule has 1 aliphatic heterocycles. The summed E-state index contributed by atoms with van der Waals surface area (Å²) in [7, 11) is -3.42. The van der Waals surface area contributed by atoms with Crippen molar-refractivity contribution in [2.45, 2.75) is 43.6 Å². The maximum atomic E-state index is 11.8. The van der Waals surface area contributed by atoms with Gasteiger partial charge in [0.15, 0.2) is 0 Å². The molecule has 1 aliphatic rings. The number of hydrogen-bond donors (Lipinski definition) is 2. The summed E-state index contributed by atoms with van der Waals surface area (Å²) in [4.78, 5) is 12.1. The molecule has 7 heteroatoms. The van der Waals surface area contributed by atoms with Gasteiger partial charge in [0.1, 0.15) is 0 Å². The smallest absolute Gasteiger partial charge is 0.240 e. The van der Waals surface area contributed by atoms with Gasteiger partial charge in [0.05, 0.1) is 11.0 Å². The summed E-state index contributed by atoms with van der Waals surface area (Å²) in [5, 5.41) is 2.88. The summed E-state index contributed by atoms with van der Waals surface area (Å²) < 4.78 is 31.6. The predicted octanol–water partition coefficient (Wildman–Crippen LogP) is 1.21. The minimum absolute atomic E-state index is 0.00940. The van der Waals surface area contributed by atoms with Gasteiger partial charge in [-0.15, -0.1) is 0 Å². The van der Waals surface area contributed by atoms with Gasteiger partial charge < -0.3 is 10.1 Å². The fourth-order valence-electron chi connectivity index (χ4n) is 2.49. The van der Waals surface area contributed by atoms with E-state index in [1.165, 1.54) is 0 Å². The van der Waals surface area contributed by atoms with Gasteiger partial charge in [-0.05, 0) is 37.0 Å². The molecule has 1 amide bonds. The lowest BCUT2D eigenvalue weighted by Crippen LogP contribution is -2.31. The van der Waals surface area contributed by atoms with Crippen LogP contribution >= 0.6 is 0 Å². The van der Waals surface area contributed by atoms with Crippen molar-refractivity contribution in [2.75, 3.05) is 19.7 Å². The summed E-state index contributed by atoms with van der Waals surface area (Å²) in [5.74, 6) is -0.00940. The van der Waals surface area contributed by atoms with Crippen LogP contribution in [0.25, 0.3) is 0 Å². The highest BCUT2D eigenvalue weighted by Gasteiger charge is 2.16. The second kappa shape index (κ2) is 8.42. The minimum Gasteiger partial charge on any atom is -0.376 e. The van der Waals surface area contributed by atoms with Crippen LogP contribution in [0.3, 0.4) is 0 Å². The standard InChI is InChI=1S/C16H24N2O4S/c1-2-18-23(20,21)15-8-5-13(6-9-15)7-10-16(19)17-12-14-4-3-11-22-14/h5-6,8-9,14,18H,2-4,7,10-12H2,1H3,(H,17,19)/t14-/m0/s1. The van der Waals surface area contributed by atoms with Crippen molar-refractivity contribution in [1.82, 2.24) is 10.0 Å². The molecule has 2 rings (SSSR count). The number of aryl methyl sites for hydroxylation is 1. The second-order valence-electron chi connectivity index (χ2n) is 5.58. The second-order valence-corrected chi connectivity index (χ2v) is 7.35. The molecule has 1 fully saturated rings. The molecule has 1 aromatic rings. The fourth-order valence-corrected chi connectivity index (χ4v) is 3.53. The largest absolute Gasteiger partial charge is 0.376 e. The van der Waals surface area contributed by atoms with E-state index < -0.39 is 10.0 Å². The van der Waals surface area contributed by atoms with Crippen molar-refractivity contribution >= 4 is 15.9 Å². The maximum Gasteiger partial charge on any atom is 0.240 e. The Morgan fingerprint density at radius 1 is 1.30 bits per heavy atom. The van der Waals surface area contributed by atoms with Crippen LogP contribution < -0.4 is 10.0 Å². The van der Waals surface area contributed by atoms with Crippen molar-refractivity contribution in [2.24, 2.45) is 0 Å². The molecule has 1 heterocycles. The zero-order chi connectivity index (χ0) is 16.7. The fraction of sp³-hybridized carbons (Fsp3) is 0.562. The molecule has 0 spiro atoms. The van der Waals surface area contributed by atoms with Gasteiger partial charge in [-0.3, -0.25) is 4.79 Å². The number of carbonyl (C=O) groups is 1. The van der Waals surface area contributed by atoms with Crippen LogP contribution in [0.1, 0.15) is 31.7 Å². The monoisotopic (exact) mass is 340 g/mol. The van der Waals surface area contributed by atoms with Crippen molar-refractivity contribution in [3.8, 4) is 0 Å². The zero-order valence-corrected chi connectivity index (χ0v) is 14.2. The first-order valence-electron chi connectivity index (χ1n) is 7.98. The van der Waals surface area contributed by atoms with Gasteiger partial charge in [-0.1, -0.05) is 19.1 Å². The third-order valence-electron chi connectivity index (χ3n) is 3.76. The average molecular weight is 340 g/mol. The Bertz CT molecular complexity index is 607. The minimum atomic E-state index is -3.42. The number of ether oxygens (including phenoxy) is 1. The van der Waals surface area contributed by atoms with E-state index in [1.807, 2.05) is 0 Å². The van der Waals surface area contributed by atoms with E-state index in [4.69, 9.17) is 4.74 Å². The van der Waals surface area contributed by atoms with E-state index >= 15 is 0 Å². The van der Waals surface area contributed by atoms with Crippen LogP contribution in [0.5, 0.6) is 0 Å². The van der Waals surface area contributed by atoms with E-state index in [0.29, 0.717) is 25.9 Å². The van der Waals surface area contributed by atoms with Gasteiger partial charge in [0, 0.05) is 26.1 Å². The van der Waals surface area contributed by atoms with Gasteiger partial charge >= 0.3 is 0 Å². The molecule has 0 aromatic heterocycles. The number of amides is 1. The SMILES string of the molecule is CCNS(=O)(=O)c1ccc(CCC(=O)NC[C@@H]2CCCO2)cc1. The van der Waals surface area contributed by atoms with Crippen molar-refractivity contribution in [3.05, 3.63) is 29.8 Å². The van der Waals surface area contributed by atoms with Gasteiger partial charge in [0.25, 0.3) is 0 Å². The molecule has 1 saturated heterocycles. The van der Waals surface area contributed by atoms with Crippen molar-refractivity contribution in [1.29, 1.82) is 0 Å². The Balaban J connectivity index is 1.78. The highest BCUT2D eigenvalue weighted by molar-refractivity contribution is 7.89. The lowest BCUT2D eigenvalue weighted by Gasteiger charge is -2.11. The quantitative estimate of drug-likeness (QED) is 0.745. The van der Waals surface area contributed by atoms with E-state index in [9.17, 15) is 13.2 Å². The Morgan fingerprint density at radius 2 is 2.04 bits per heavy atom. The molecule has 2 N–H and O–H groups in total. The molecule has 6 nitrogen and oxygen atoms in total.